The lowest BCUT2D eigenvalue weighted by Gasteiger charge is -2.31. The number of ether oxygens (including phenoxy) is 1. The summed E-state index contributed by atoms with van der Waals surface area (Å²) in [7, 11) is 1.65. The second-order valence-corrected chi connectivity index (χ2v) is 8.18. The summed E-state index contributed by atoms with van der Waals surface area (Å²) in [4.78, 5) is 43.3. The molecular formula is C22H29N5O4. The van der Waals surface area contributed by atoms with Crippen molar-refractivity contribution >= 4 is 17.8 Å². The molecule has 1 saturated heterocycles. The van der Waals surface area contributed by atoms with Gasteiger partial charge in [0.1, 0.15) is 6.54 Å². The molecule has 0 spiro atoms. The SMILES string of the molecule is Cc1ccc(C2NC(=O)N(C)C3=C2C(=O)N(CC(=O)NCCN2CCOCC2)C3)cc1. The molecule has 3 heterocycles. The number of carbonyl (C=O) groups is 3. The van der Waals surface area contributed by atoms with Gasteiger partial charge in [0, 0.05) is 33.2 Å². The molecule has 166 valence electrons. The fourth-order valence-corrected chi connectivity index (χ4v) is 4.17. The Balaban J connectivity index is 1.40. The van der Waals surface area contributed by atoms with E-state index >= 15 is 0 Å². The van der Waals surface area contributed by atoms with E-state index in [4.69, 9.17) is 4.74 Å². The van der Waals surface area contributed by atoms with Gasteiger partial charge in [0.15, 0.2) is 0 Å². The first-order valence-corrected chi connectivity index (χ1v) is 10.6. The van der Waals surface area contributed by atoms with E-state index in [-0.39, 0.29) is 30.9 Å². The zero-order valence-electron chi connectivity index (χ0n) is 18.0. The fraction of sp³-hybridized carbons (Fsp3) is 0.500. The molecule has 0 aliphatic carbocycles. The van der Waals surface area contributed by atoms with E-state index in [1.165, 1.54) is 9.80 Å². The molecule has 2 N–H and O–H groups in total. The van der Waals surface area contributed by atoms with Gasteiger partial charge in [0.05, 0.1) is 37.1 Å². The number of urea groups is 1. The van der Waals surface area contributed by atoms with Crippen LogP contribution in [-0.4, -0.2) is 92.1 Å². The summed E-state index contributed by atoms with van der Waals surface area (Å²) in [6.45, 7) is 6.66. The molecule has 31 heavy (non-hydrogen) atoms. The number of nitrogens with zero attached hydrogens (tertiary/aromatic N) is 3. The van der Waals surface area contributed by atoms with Crippen molar-refractivity contribution in [3.05, 3.63) is 46.7 Å². The molecule has 4 amide bonds. The molecule has 1 aromatic carbocycles. The van der Waals surface area contributed by atoms with Crippen molar-refractivity contribution in [1.29, 1.82) is 0 Å². The van der Waals surface area contributed by atoms with E-state index in [1.54, 1.807) is 7.05 Å². The lowest BCUT2D eigenvalue weighted by molar-refractivity contribution is -0.131. The average Bonchev–Trinajstić information content (AvgIpc) is 3.08. The summed E-state index contributed by atoms with van der Waals surface area (Å²) in [5.74, 6) is -0.411. The molecule has 9 nitrogen and oxygen atoms in total. The second kappa shape index (κ2) is 9.07. The number of likely N-dealkylation sites (N-methyl/N-ethyl adjacent to an activating group) is 1. The first kappa shape index (κ1) is 21.3. The van der Waals surface area contributed by atoms with Crippen LogP contribution in [-0.2, 0) is 14.3 Å². The molecule has 0 saturated carbocycles. The number of nitrogens with one attached hydrogen (secondary N) is 2. The zero-order valence-corrected chi connectivity index (χ0v) is 18.0. The number of amides is 4. The number of hydrogen-bond acceptors (Lipinski definition) is 5. The molecule has 1 unspecified atom stereocenters. The summed E-state index contributed by atoms with van der Waals surface area (Å²) < 4.78 is 5.33. The summed E-state index contributed by atoms with van der Waals surface area (Å²) in [5.41, 5.74) is 3.14. The van der Waals surface area contributed by atoms with Crippen molar-refractivity contribution in [3.63, 3.8) is 0 Å². The molecule has 0 aromatic heterocycles. The first-order valence-electron chi connectivity index (χ1n) is 10.6. The molecule has 4 rings (SSSR count). The van der Waals surface area contributed by atoms with Crippen LogP contribution in [0.15, 0.2) is 35.5 Å². The predicted molar refractivity (Wildman–Crippen MR) is 114 cm³/mol. The molecule has 0 radical (unpaired) electrons. The maximum absolute atomic E-state index is 13.2. The van der Waals surface area contributed by atoms with Crippen LogP contribution < -0.4 is 10.6 Å². The monoisotopic (exact) mass is 427 g/mol. The topological polar surface area (TPSA) is 94.2 Å². The van der Waals surface area contributed by atoms with Crippen molar-refractivity contribution in [3.8, 4) is 0 Å². The van der Waals surface area contributed by atoms with Crippen LogP contribution in [0.4, 0.5) is 4.79 Å². The third kappa shape index (κ3) is 4.57. The van der Waals surface area contributed by atoms with Crippen molar-refractivity contribution in [2.45, 2.75) is 13.0 Å². The maximum atomic E-state index is 13.2. The van der Waals surface area contributed by atoms with Gasteiger partial charge >= 0.3 is 6.03 Å². The Morgan fingerprint density at radius 1 is 1.19 bits per heavy atom. The lowest BCUT2D eigenvalue weighted by atomic mass is 9.95. The molecule has 1 fully saturated rings. The molecule has 0 bridgehead atoms. The van der Waals surface area contributed by atoms with Crippen molar-refractivity contribution in [1.82, 2.24) is 25.3 Å². The third-order valence-electron chi connectivity index (χ3n) is 6.03. The standard InChI is InChI=1S/C22H29N5O4/c1-15-3-5-16(6-4-15)20-19-17(25(2)22(30)24-20)13-27(21(19)29)14-18(28)23-7-8-26-9-11-31-12-10-26/h3-6,20H,7-14H2,1-2H3,(H,23,28)(H,24,30). The zero-order chi connectivity index (χ0) is 22.0. The van der Waals surface area contributed by atoms with E-state index in [2.05, 4.69) is 15.5 Å². The Morgan fingerprint density at radius 2 is 1.90 bits per heavy atom. The van der Waals surface area contributed by atoms with E-state index in [1.807, 2.05) is 31.2 Å². The highest BCUT2D eigenvalue weighted by molar-refractivity contribution is 6.02. The Hall–Kier alpha value is -2.91. The Bertz CT molecular complexity index is 892. The van der Waals surface area contributed by atoms with Crippen LogP contribution in [0.5, 0.6) is 0 Å². The average molecular weight is 428 g/mol. The van der Waals surface area contributed by atoms with Gasteiger partial charge in [0.25, 0.3) is 5.91 Å². The lowest BCUT2D eigenvalue weighted by Crippen LogP contribution is -2.45. The van der Waals surface area contributed by atoms with Gasteiger partial charge in [-0.25, -0.2) is 4.79 Å². The van der Waals surface area contributed by atoms with Gasteiger partial charge in [-0.15, -0.1) is 0 Å². The van der Waals surface area contributed by atoms with Crippen LogP contribution >= 0.6 is 0 Å². The molecule has 3 aliphatic rings. The molecule has 9 heteroatoms. The quantitative estimate of drug-likeness (QED) is 0.678. The Kier molecular flexibility index (Phi) is 6.24. The number of hydrogen-bond donors (Lipinski definition) is 2. The highest BCUT2D eigenvalue weighted by Crippen LogP contribution is 2.35. The maximum Gasteiger partial charge on any atom is 0.322 e. The van der Waals surface area contributed by atoms with Crippen LogP contribution in [0, 0.1) is 6.92 Å². The largest absolute Gasteiger partial charge is 0.379 e. The smallest absolute Gasteiger partial charge is 0.322 e. The van der Waals surface area contributed by atoms with Gasteiger partial charge in [-0.05, 0) is 12.5 Å². The van der Waals surface area contributed by atoms with E-state index in [0.717, 1.165) is 44.0 Å². The number of aryl methyl sites for hydroxylation is 1. The van der Waals surface area contributed by atoms with Gasteiger partial charge in [0.2, 0.25) is 5.91 Å². The van der Waals surface area contributed by atoms with Gasteiger partial charge in [-0.2, -0.15) is 0 Å². The fourth-order valence-electron chi connectivity index (χ4n) is 4.17. The van der Waals surface area contributed by atoms with E-state index in [9.17, 15) is 14.4 Å². The Morgan fingerprint density at radius 3 is 2.61 bits per heavy atom. The third-order valence-corrected chi connectivity index (χ3v) is 6.03. The van der Waals surface area contributed by atoms with E-state index < -0.39 is 6.04 Å². The van der Waals surface area contributed by atoms with Gasteiger partial charge < -0.3 is 20.3 Å². The molecule has 1 atom stereocenters. The number of carbonyl (C=O) groups excluding carboxylic acids is 3. The van der Waals surface area contributed by atoms with Crippen LogP contribution in [0.25, 0.3) is 0 Å². The number of morpholine rings is 1. The minimum absolute atomic E-state index is 0.0302. The van der Waals surface area contributed by atoms with Crippen molar-refractivity contribution in [2.24, 2.45) is 0 Å². The number of rotatable bonds is 6. The van der Waals surface area contributed by atoms with Crippen LogP contribution in [0.2, 0.25) is 0 Å². The highest BCUT2D eigenvalue weighted by Gasteiger charge is 2.43. The minimum Gasteiger partial charge on any atom is -0.379 e. The van der Waals surface area contributed by atoms with Crippen LogP contribution in [0.1, 0.15) is 17.2 Å². The normalized spacial score (nSPS) is 21.9. The molecular weight excluding hydrogens is 398 g/mol. The Labute approximate surface area is 182 Å². The van der Waals surface area contributed by atoms with Gasteiger partial charge in [-0.1, -0.05) is 29.8 Å². The second-order valence-electron chi connectivity index (χ2n) is 8.18. The summed E-state index contributed by atoms with van der Waals surface area (Å²) in [5, 5.41) is 5.81. The van der Waals surface area contributed by atoms with E-state index in [0.29, 0.717) is 17.8 Å². The molecule has 1 aromatic rings. The minimum atomic E-state index is -0.513. The molecule has 3 aliphatic heterocycles. The highest BCUT2D eigenvalue weighted by atomic mass is 16.5. The van der Waals surface area contributed by atoms with Crippen molar-refractivity contribution < 1.29 is 19.1 Å². The summed E-state index contributed by atoms with van der Waals surface area (Å²) in [6, 6.07) is 6.99. The predicted octanol–water partition coefficient (Wildman–Crippen LogP) is 0.236. The summed E-state index contributed by atoms with van der Waals surface area (Å²) in [6.07, 6.45) is 0. The van der Waals surface area contributed by atoms with Crippen LogP contribution in [0.3, 0.4) is 0 Å². The van der Waals surface area contributed by atoms with Gasteiger partial charge in [-0.3, -0.25) is 19.4 Å². The number of benzene rings is 1. The van der Waals surface area contributed by atoms with Crippen molar-refractivity contribution in [2.75, 3.05) is 59.5 Å². The summed E-state index contributed by atoms with van der Waals surface area (Å²) >= 11 is 0. The first-order chi connectivity index (χ1) is 14.9.